The molecule has 0 bridgehead atoms. The number of hydrogen-bond acceptors (Lipinski definition) is 10. The van der Waals surface area contributed by atoms with Crippen LogP contribution in [0.15, 0.2) is 0 Å². The molecule has 0 saturated carbocycles. The summed E-state index contributed by atoms with van der Waals surface area (Å²) in [5, 5.41) is 5.21. The third-order valence-electron chi connectivity index (χ3n) is 3.92. The molecule has 0 aromatic carbocycles. The fraction of sp³-hybridized carbons (Fsp3) is 0.700. The molecule has 0 fully saturated rings. The molecule has 0 aliphatic heterocycles. The molecule has 13 heteroatoms. The fourth-order valence-corrected chi connectivity index (χ4v) is 2.28. The maximum Gasteiger partial charge on any atom is 0.344 e. The number of rotatable bonds is 18. The van der Waals surface area contributed by atoms with Crippen molar-refractivity contribution in [3.63, 3.8) is 0 Å². The van der Waals surface area contributed by atoms with Crippen LogP contribution in [0.2, 0.25) is 0 Å². The lowest BCUT2D eigenvalue weighted by molar-refractivity contribution is -0.160. The van der Waals surface area contributed by atoms with Gasteiger partial charge < -0.3 is 29.6 Å². The zero-order valence-corrected chi connectivity index (χ0v) is 19.4. The third-order valence-corrected chi connectivity index (χ3v) is 4.17. The second-order valence-electron chi connectivity index (χ2n) is 6.66. The third kappa shape index (κ3) is 19.5. The number of carbonyl (C=O) groups excluding carboxylic acids is 6. The summed E-state index contributed by atoms with van der Waals surface area (Å²) in [5.74, 6) is -3.56. The lowest BCUT2D eigenvalue weighted by Crippen LogP contribution is -2.30. The van der Waals surface area contributed by atoms with E-state index in [1.54, 1.807) is 0 Å². The van der Waals surface area contributed by atoms with E-state index in [-0.39, 0.29) is 24.6 Å². The van der Waals surface area contributed by atoms with Gasteiger partial charge in [-0.15, -0.1) is 11.6 Å². The number of unbranched alkanes of at least 4 members (excludes halogenated alkanes) is 3. The summed E-state index contributed by atoms with van der Waals surface area (Å²) in [6, 6.07) is 0. The summed E-state index contributed by atoms with van der Waals surface area (Å²) < 4.78 is 18.4. The van der Waals surface area contributed by atoms with Gasteiger partial charge in [-0.2, -0.15) is 0 Å². The number of methoxy groups -OCH3 is 1. The van der Waals surface area contributed by atoms with Gasteiger partial charge in [0.1, 0.15) is 5.88 Å². The average Bonchev–Trinajstić information content (AvgIpc) is 2.81. The molecular weight excluding hydrogens is 464 g/mol. The maximum atomic E-state index is 11.6. The number of esters is 4. The van der Waals surface area contributed by atoms with Crippen LogP contribution < -0.4 is 10.6 Å². The van der Waals surface area contributed by atoms with Gasteiger partial charge in [-0.3, -0.25) is 19.2 Å². The van der Waals surface area contributed by atoms with Gasteiger partial charge in [-0.05, 0) is 32.1 Å². The van der Waals surface area contributed by atoms with Gasteiger partial charge in [0.15, 0.2) is 19.8 Å². The average molecular weight is 495 g/mol. The Morgan fingerprint density at radius 1 is 0.606 bits per heavy atom. The molecule has 0 heterocycles. The van der Waals surface area contributed by atoms with Crippen molar-refractivity contribution in [3.05, 3.63) is 0 Å². The van der Waals surface area contributed by atoms with Gasteiger partial charge in [0.05, 0.1) is 7.11 Å². The number of nitrogens with one attached hydrogen (secondary N) is 2. The van der Waals surface area contributed by atoms with Crippen molar-refractivity contribution in [2.75, 3.05) is 45.9 Å². The van der Waals surface area contributed by atoms with E-state index in [1.807, 2.05) is 0 Å². The van der Waals surface area contributed by atoms with Crippen LogP contribution in [0.1, 0.15) is 44.9 Å². The van der Waals surface area contributed by atoms with Gasteiger partial charge >= 0.3 is 23.9 Å². The summed E-state index contributed by atoms with van der Waals surface area (Å²) in [5.41, 5.74) is 0. The zero-order valence-electron chi connectivity index (χ0n) is 18.7. The molecular formula is C20H31ClN2O10. The highest BCUT2D eigenvalue weighted by atomic mass is 35.5. The first-order valence-electron chi connectivity index (χ1n) is 10.4. The number of alkyl halides is 1. The Bertz CT molecular complexity index is 657. The molecule has 33 heavy (non-hydrogen) atoms. The molecule has 0 atom stereocenters. The second kappa shape index (κ2) is 19.8. The Balaban J connectivity index is 3.64. The van der Waals surface area contributed by atoms with Crippen molar-refractivity contribution in [1.29, 1.82) is 0 Å². The van der Waals surface area contributed by atoms with Crippen LogP contribution in [-0.4, -0.2) is 81.6 Å². The number of halogens is 1. The number of hydrogen-bond donors (Lipinski definition) is 2. The minimum atomic E-state index is -0.861. The Morgan fingerprint density at radius 3 is 1.61 bits per heavy atom. The fourth-order valence-electron chi connectivity index (χ4n) is 2.19. The van der Waals surface area contributed by atoms with Crippen molar-refractivity contribution in [1.82, 2.24) is 10.6 Å². The summed E-state index contributed by atoms with van der Waals surface area (Å²) in [6.07, 6.45) is 2.88. The molecule has 0 spiro atoms. The smallest absolute Gasteiger partial charge is 0.344 e. The quantitative estimate of drug-likeness (QED) is 0.115. The van der Waals surface area contributed by atoms with Gasteiger partial charge in [0.2, 0.25) is 5.91 Å². The van der Waals surface area contributed by atoms with Crippen LogP contribution in [0.4, 0.5) is 0 Å². The predicted octanol–water partition coefficient (Wildman–Crippen LogP) is -0.00910. The van der Waals surface area contributed by atoms with E-state index in [4.69, 9.17) is 21.1 Å². The normalized spacial score (nSPS) is 10.0. The Hall–Kier alpha value is -2.89. The summed E-state index contributed by atoms with van der Waals surface area (Å²) in [7, 11) is 1.17. The number of ether oxygens (including phenoxy) is 4. The van der Waals surface area contributed by atoms with E-state index >= 15 is 0 Å². The highest BCUT2D eigenvalue weighted by molar-refractivity contribution is 6.27. The van der Waals surface area contributed by atoms with Gasteiger partial charge in [0.25, 0.3) is 5.91 Å². The minimum Gasteiger partial charge on any atom is -0.466 e. The number of amides is 2. The second-order valence-corrected chi connectivity index (χ2v) is 6.93. The van der Waals surface area contributed by atoms with E-state index in [9.17, 15) is 28.8 Å². The molecule has 0 aromatic rings. The van der Waals surface area contributed by atoms with E-state index in [1.165, 1.54) is 7.11 Å². The lowest BCUT2D eigenvalue weighted by atomic mass is 10.2. The molecule has 0 unspecified atom stereocenters. The summed E-state index contributed by atoms with van der Waals surface area (Å²) in [4.78, 5) is 67.8. The van der Waals surface area contributed by atoms with Crippen LogP contribution >= 0.6 is 11.6 Å². The first-order valence-corrected chi connectivity index (χ1v) is 10.9. The van der Waals surface area contributed by atoms with Gasteiger partial charge in [-0.1, -0.05) is 0 Å². The maximum absolute atomic E-state index is 11.6. The highest BCUT2D eigenvalue weighted by Crippen LogP contribution is 2.03. The zero-order chi connectivity index (χ0) is 24.9. The van der Waals surface area contributed by atoms with Crippen LogP contribution in [0.25, 0.3) is 0 Å². The molecule has 2 N–H and O–H groups in total. The van der Waals surface area contributed by atoms with E-state index in [0.29, 0.717) is 32.4 Å². The highest BCUT2D eigenvalue weighted by Gasteiger charge is 2.12. The Kier molecular flexibility index (Phi) is 18.0. The minimum absolute atomic E-state index is 0.0199. The van der Waals surface area contributed by atoms with Crippen molar-refractivity contribution < 1.29 is 47.7 Å². The van der Waals surface area contributed by atoms with Crippen LogP contribution in [0.3, 0.4) is 0 Å². The standard InChI is InChI=1S/C20H31ClN2O10/c1-30-19(28)13-32-17(26)7-3-4-8-18(27)33-14-20(29)31-12-16(25)23-10-6-2-5-9-22-15(24)11-21/h2-14H2,1H3,(H,22,24)(H,23,25). The van der Waals surface area contributed by atoms with E-state index < -0.39 is 49.6 Å². The van der Waals surface area contributed by atoms with E-state index in [2.05, 4.69) is 20.1 Å². The molecule has 0 saturated heterocycles. The largest absolute Gasteiger partial charge is 0.466 e. The first kappa shape index (κ1) is 30.1. The van der Waals surface area contributed by atoms with E-state index in [0.717, 1.165) is 12.8 Å². The van der Waals surface area contributed by atoms with Crippen LogP contribution in [-0.2, 0) is 47.7 Å². The first-order chi connectivity index (χ1) is 15.8. The number of carbonyl (C=O) groups is 6. The molecule has 0 radical (unpaired) electrons. The Labute approximate surface area is 196 Å². The molecule has 188 valence electrons. The molecule has 0 rings (SSSR count). The molecule has 0 aliphatic carbocycles. The summed E-state index contributed by atoms with van der Waals surface area (Å²) in [6.45, 7) is -0.671. The van der Waals surface area contributed by atoms with Crippen molar-refractivity contribution in [3.8, 4) is 0 Å². The lowest BCUT2D eigenvalue weighted by Gasteiger charge is -2.08. The molecule has 0 aliphatic rings. The summed E-state index contributed by atoms with van der Waals surface area (Å²) >= 11 is 5.35. The molecule has 2 amide bonds. The van der Waals surface area contributed by atoms with Crippen molar-refractivity contribution in [2.45, 2.75) is 44.9 Å². The Morgan fingerprint density at radius 2 is 1.09 bits per heavy atom. The predicted molar refractivity (Wildman–Crippen MR) is 114 cm³/mol. The van der Waals surface area contributed by atoms with Gasteiger partial charge in [0, 0.05) is 25.9 Å². The van der Waals surface area contributed by atoms with Gasteiger partial charge in [-0.25, -0.2) is 9.59 Å². The van der Waals surface area contributed by atoms with Crippen LogP contribution in [0, 0.1) is 0 Å². The van der Waals surface area contributed by atoms with Crippen LogP contribution in [0.5, 0.6) is 0 Å². The van der Waals surface area contributed by atoms with Crippen molar-refractivity contribution >= 4 is 47.3 Å². The molecule has 0 aromatic heterocycles. The SMILES string of the molecule is COC(=O)COC(=O)CCCCC(=O)OCC(=O)OCC(=O)NCCCCCNC(=O)CCl. The monoisotopic (exact) mass is 494 g/mol. The topological polar surface area (TPSA) is 163 Å². The van der Waals surface area contributed by atoms with Crippen molar-refractivity contribution in [2.24, 2.45) is 0 Å². The molecule has 12 nitrogen and oxygen atoms in total.